The number of unbranched alkanes of at least 4 members (excludes halogenated alkanes) is 1. The summed E-state index contributed by atoms with van der Waals surface area (Å²) in [5.74, 6) is -8.74. The molecule has 0 aliphatic rings. The van der Waals surface area contributed by atoms with E-state index in [4.69, 9.17) is 132 Å². The zero-order chi connectivity index (χ0) is 107. The fraction of sp³-hybridized carbons (Fsp3) is 0.483. The molecule has 5 atom stereocenters. The lowest BCUT2D eigenvalue weighted by molar-refractivity contribution is -0.141. The first-order valence-corrected chi connectivity index (χ1v) is 64.1. The van der Waals surface area contributed by atoms with Gasteiger partial charge in [-0.2, -0.15) is 0 Å². The Bertz CT molecular complexity index is 5090. The molecule has 0 aliphatic heterocycles. The van der Waals surface area contributed by atoms with Crippen molar-refractivity contribution >= 4 is 173 Å². The predicted molar refractivity (Wildman–Crippen MR) is 479 cm³/mol. The molecule has 0 saturated heterocycles. The Kier molecular flexibility index (Phi) is 63.4. The Morgan fingerprint density at radius 3 is 0.883 bits per heavy atom. The summed E-state index contributed by atoms with van der Waals surface area (Å²) in [6.45, 7) is 12.6. The monoisotopic (exact) mass is 2300 g/mol. The van der Waals surface area contributed by atoms with E-state index in [0.717, 1.165) is 63.5 Å². The molecule has 137 heavy (non-hydrogen) atoms. The second-order valence-corrected chi connectivity index (χ2v) is 60.8. The number of benzene rings is 2. The lowest BCUT2D eigenvalue weighted by Crippen LogP contribution is -2.29. The highest BCUT2D eigenvalue weighted by Crippen LogP contribution is 2.72. The zero-order valence-electron chi connectivity index (χ0n) is 71.0. The van der Waals surface area contributed by atoms with Crippen molar-refractivity contribution in [2.45, 2.75) is 112 Å². The van der Waals surface area contributed by atoms with E-state index in [9.17, 15) is 126 Å². The number of rotatable bonds is 40. The Hall–Kier alpha value is -4.87. The van der Waals surface area contributed by atoms with Crippen LogP contribution in [0.4, 0.5) is 0 Å². The molecule has 61 nitrogen and oxygen atoms in total. The van der Waals surface area contributed by atoms with Crippen LogP contribution in [0.2, 0.25) is 0 Å². The van der Waals surface area contributed by atoms with Gasteiger partial charge in [0.1, 0.15) is 71.2 Å². The third kappa shape index (κ3) is 72.1. The molecule has 794 valence electrons. The van der Waals surface area contributed by atoms with Gasteiger partial charge in [-0.05, 0) is 92.4 Å². The number of allylic oxidation sites excluding steroid dienone is 1. The van der Waals surface area contributed by atoms with Crippen molar-refractivity contribution in [3.63, 3.8) is 0 Å². The highest BCUT2D eigenvalue weighted by molar-refractivity contribution is 7.78. The SMILES string of the molecule is C.C.C=C(C)OCCCC(O)(P(=O)(O)O)P(=O)(O)O.CC(=O)OCCCCP(=O)(O)CP(=O)(O)O.CC(=O)OCCP(=O)(O)CP(=O)(O)O.CC(=O)OCCP(=O)(O)CP(=O)(O)O.CC(=O)Oc1ccc(C(P(=O)(O)O)P(=O)(O)O)cc1.CC(=O)Oc1ccc(C(P(=O)(O)O)P(=O)(O)O)nc1.CC(=O)Oc1ccc(P(=O)(O)CP(=O)(O)O)cc1.CC(=O)Oc1ccc(P(=O)(O)CP(=O)(O)O)nc1. The van der Waals surface area contributed by atoms with Crippen molar-refractivity contribution in [1.29, 1.82) is 0 Å². The van der Waals surface area contributed by atoms with Gasteiger partial charge in [-0.3, -0.25) is 112 Å². The van der Waals surface area contributed by atoms with Crippen LogP contribution in [-0.4, -0.2) is 268 Å². The summed E-state index contributed by atoms with van der Waals surface area (Å²) in [6.07, 6.45) is 0.643. The van der Waals surface area contributed by atoms with Crippen LogP contribution in [0.25, 0.3) is 0 Å². The summed E-state index contributed by atoms with van der Waals surface area (Å²) in [5.41, 5.74) is -1.09. The largest absolute Gasteiger partial charge is 0.499 e. The predicted octanol–water partition coefficient (Wildman–Crippen LogP) is 4.24. The maximum absolute atomic E-state index is 11.7. The number of hydrogen-bond acceptors (Lipinski definition) is 34. The first kappa shape index (κ1) is 143. The van der Waals surface area contributed by atoms with Crippen LogP contribution in [0.1, 0.15) is 118 Å². The van der Waals surface area contributed by atoms with E-state index in [1.54, 1.807) is 0 Å². The summed E-state index contributed by atoms with van der Waals surface area (Å²) < 4.78 is 213. The molecule has 0 amide bonds. The smallest absolute Gasteiger partial charge is 0.369 e. The number of ether oxygens (including phenoxy) is 8. The Balaban J connectivity index is -0.000000358. The molecular formula is C60H110N2O59P16. The van der Waals surface area contributed by atoms with Gasteiger partial charge < -0.3 is 175 Å². The molecule has 4 rings (SSSR count). The molecule has 0 saturated carbocycles. The standard InChI is InChI=1S/C9H12O8P2.C9H12O7P2.C8H11NO8P2.C8H11NO7P2.C7H16O8P2.C7H16O7P2.2C5H12O7P2.2CH4/c1-6(10)17-8-4-2-7(3-5-8)9(18(11,12)13)19(14,15)16;1-7(10)16-8-2-4-9(5-3-8)17(11,12)6-18(13,14)15;1-5(10)17-6-2-3-7(9-4-6)8(18(11,12)13)19(14,15)16;1-6(10)16-7-2-3-8(9-4-7)17(11,12)5-18(13,14)15;1-6(2)15-5-3-4-7(8,16(9,10)11)17(12,13)14;1-7(8)14-4-2-3-5-15(9,10)6-16(11,12)13;2*1-5(6)12-2-3-13(7,8)4-14(9,10)11;;/h2-5,9H,1H3,(H2,11,12,13)(H2,14,15,16);2-5H,6H2,1H3,(H,11,12)(H2,13,14,15);2-4,8H,1H3,(H2,11,12,13)(H2,14,15,16);2-4H,5H2,1H3,(H,11,12)(H2,13,14,15);8H,1,3-5H2,2H3,(H2,9,10,11)(H2,12,13,14);2-6H2,1H3,(H,9,10)(H2,11,12,13);2*2-4H2,1H3,(H,7,8)(H2,9,10,11);2*1H4. The number of pyridine rings is 2. The lowest BCUT2D eigenvalue weighted by atomic mass is 10.2. The minimum Gasteiger partial charge on any atom is -0.499 e. The van der Waals surface area contributed by atoms with E-state index in [1.165, 1.54) is 77.1 Å². The molecule has 2 aromatic heterocycles. The summed E-state index contributed by atoms with van der Waals surface area (Å²) in [4.78, 5) is 320. The first-order valence-electron chi connectivity index (χ1n) is 35.4. The molecule has 0 radical (unpaired) electrons. The van der Waals surface area contributed by atoms with E-state index in [-0.39, 0.29) is 99.6 Å². The third-order valence-electron chi connectivity index (χ3n) is 13.4. The number of carbonyl (C=O) groups is 7. The number of carbonyl (C=O) groups excluding carboxylic acids is 7. The van der Waals surface area contributed by atoms with Crippen LogP contribution in [0.3, 0.4) is 0 Å². The first-order chi connectivity index (χ1) is 60.0. The van der Waals surface area contributed by atoms with Crippen molar-refractivity contribution in [3.05, 3.63) is 109 Å². The van der Waals surface area contributed by atoms with Gasteiger partial charge in [-0.15, -0.1) is 0 Å². The fourth-order valence-electron chi connectivity index (χ4n) is 8.58. The van der Waals surface area contributed by atoms with Crippen molar-refractivity contribution in [2.24, 2.45) is 0 Å². The molecule has 77 heteroatoms. The summed E-state index contributed by atoms with van der Waals surface area (Å²) in [5, 5.41) is 1.40. The van der Waals surface area contributed by atoms with Crippen LogP contribution in [0, 0.1) is 0 Å². The van der Waals surface area contributed by atoms with Gasteiger partial charge in [-0.1, -0.05) is 33.6 Å². The fourth-order valence-corrected chi connectivity index (χ4v) is 32.5. The number of aliphatic hydroxyl groups is 1. The van der Waals surface area contributed by atoms with Crippen LogP contribution in [-0.2, 0) is 126 Å². The van der Waals surface area contributed by atoms with Gasteiger partial charge in [0.15, 0.2) is 5.40 Å². The van der Waals surface area contributed by atoms with Crippen LogP contribution < -0.4 is 29.7 Å². The van der Waals surface area contributed by atoms with E-state index < -0.39 is 232 Å². The molecule has 2 aromatic carbocycles. The van der Waals surface area contributed by atoms with Gasteiger partial charge in [-0.25, -0.2) is 4.98 Å². The number of nitrogens with zero attached hydrogens (tertiary/aromatic N) is 2. The van der Waals surface area contributed by atoms with Crippen LogP contribution >= 0.6 is 120 Å². The third-order valence-corrected chi connectivity index (χ3v) is 45.2. The Morgan fingerprint density at radius 1 is 0.321 bits per heavy atom. The number of esters is 7. The van der Waals surface area contributed by atoms with E-state index in [0.29, 0.717) is 12.2 Å². The number of hydrogen-bond donors (Lipinski definition) is 28. The minimum absolute atomic E-state index is 0. The minimum atomic E-state index is -5.36. The van der Waals surface area contributed by atoms with Crippen LogP contribution in [0.5, 0.6) is 23.0 Å². The lowest BCUT2D eigenvalue weighted by Gasteiger charge is -2.29. The molecular weight excluding hydrogens is 2190 g/mol. The average Bonchev–Trinajstić information content (AvgIpc) is 0.780. The molecule has 5 unspecified atom stereocenters. The summed E-state index contributed by atoms with van der Waals surface area (Å²) in [7, 11) is -73.6. The van der Waals surface area contributed by atoms with Crippen LogP contribution in [0.15, 0.2) is 97.5 Å². The molecule has 0 fully saturated rings. The van der Waals surface area contributed by atoms with Gasteiger partial charge >= 0.3 is 125 Å². The van der Waals surface area contributed by atoms with Crippen molar-refractivity contribution in [2.75, 3.05) is 74.4 Å². The maximum Gasteiger partial charge on any atom is 0.369 e. The molecule has 2 heterocycles. The highest BCUT2D eigenvalue weighted by Gasteiger charge is 2.59. The van der Waals surface area contributed by atoms with E-state index in [2.05, 4.69) is 40.2 Å². The Labute approximate surface area is 779 Å². The molecule has 28 N–H and O–H groups in total. The van der Waals surface area contributed by atoms with Gasteiger partial charge in [0.2, 0.25) is 34.9 Å². The van der Waals surface area contributed by atoms with Gasteiger partial charge in [0.05, 0.1) is 49.4 Å². The summed E-state index contributed by atoms with van der Waals surface area (Å²) in [6, 6.07) is 13.9. The summed E-state index contributed by atoms with van der Waals surface area (Å²) >= 11 is 0. The normalized spacial score (nSPS) is 14.1. The topological polar surface area (TPSA) is 1060 Å². The average molecular weight is 2300 g/mol. The van der Waals surface area contributed by atoms with Gasteiger partial charge in [0.25, 0.3) is 12.5 Å². The van der Waals surface area contributed by atoms with E-state index >= 15 is 0 Å². The zero-order valence-corrected chi connectivity index (χ0v) is 85.3. The molecule has 4 aromatic rings. The van der Waals surface area contributed by atoms with Crippen molar-refractivity contribution in [3.8, 4) is 23.0 Å². The highest BCUT2D eigenvalue weighted by atomic mass is 31.3. The quantitative estimate of drug-likeness (QED) is 0.00739. The molecule has 0 bridgehead atoms. The second-order valence-electron chi connectivity index (χ2n) is 26.7. The second kappa shape index (κ2) is 60.8. The molecule has 0 spiro atoms. The number of aromatic nitrogens is 2. The van der Waals surface area contributed by atoms with Gasteiger partial charge in [0, 0.05) is 66.4 Å². The van der Waals surface area contributed by atoms with E-state index in [1.807, 2.05) is 0 Å². The Morgan fingerprint density at radius 2 is 0.606 bits per heavy atom. The van der Waals surface area contributed by atoms with Crippen molar-refractivity contribution in [1.82, 2.24) is 9.97 Å². The maximum atomic E-state index is 11.7. The van der Waals surface area contributed by atoms with Crippen molar-refractivity contribution < 1.29 is 282 Å². The molecule has 0 aliphatic carbocycles.